The van der Waals surface area contributed by atoms with E-state index in [-0.39, 0.29) is 0 Å². The van der Waals surface area contributed by atoms with Crippen molar-refractivity contribution in [3.05, 3.63) is 59.3 Å². The fourth-order valence-corrected chi connectivity index (χ4v) is 3.05. The summed E-state index contributed by atoms with van der Waals surface area (Å²) in [5.41, 5.74) is 3.56. The molecule has 5 nitrogen and oxygen atoms in total. The van der Waals surface area contributed by atoms with Gasteiger partial charge in [-0.3, -0.25) is 9.62 Å². The number of aromatic nitrogens is 1. The molecular formula is C15H17N3O2S. The molecule has 6 heteroatoms. The van der Waals surface area contributed by atoms with Crippen molar-refractivity contribution in [2.45, 2.75) is 19.6 Å². The number of rotatable bonds is 4. The largest absolute Gasteiger partial charge is 0.289 e. The standard InChI is InChI=1S/C15H17N3O2S/c1-21(19,20)17-15-8-4-7-14(16-15)11-18-9-12-5-2-3-6-13(12)10-18/h2-8H,9-11H2,1H3,(H,16,17). The molecule has 0 amide bonds. The molecule has 1 aliphatic heterocycles. The van der Waals surface area contributed by atoms with Crippen LogP contribution >= 0.6 is 0 Å². The fraction of sp³-hybridized carbons (Fsp3) is 0.267. The third-order valence-corrected chi connectivity index (χ3v) is 3.97. The van der Waals surface area contributed by atoms with Crippen LogP contribution in [0.15, 0.2) is 42.5 Å². The third-order valence-electron chi connectivity index (χ3n) is 3.39. The van der Waals surface area contributed by atoms with Gasteiger partial charge in [-0.1, -0.05) is 30.3 Å². The van der Waals surface area contributed by atoms with Crippen LogP contribution in [-0.4, -0.2) is 24.6 Å². The smallest absolute Gasteiger partial charge is 0.230 e. The van der Waals surface area contributed by atoms with Gasteiger partial charge in [0.1, 0.15) is 5.82 Å². The molecule has 0 bridgehead atoms. The molecule has 110 valence electrons. The number of hydrogen-bond donors (Lipinski definition) is 1. The lowest BCUT2D eigenvalue weighted by Crippen LogP contribution is -2.17. The van der Waals surface area contributed by atoms with Crippen LogP contribution in [-0.2, 0) is 29.7 Å². The van der Waals surface area contributed by atoms with Gasteiger partial charge in [-0.15, -0.1) is 0 Å². The number of nitrogens with one attached hydrogen (secondary N) is 1. The SMILES string of the molecule is CS(=O)(=O)Nc1cccc(CN2Cc3ccccc3C2)n1. The molecule has 0 saturated carbocycles. The summed E-state index contributed by atoms with van der Waals surface area (Å²) >= 11 is 0. The van der Waals surface area contributed by atoms with E-state index in [0.717, 1.165) is 25.0 Å². The van der Waals surface area contributed by atoms with Gasteiger partial charge in [0, 0.05) is 19.6 Å². The normalized spacial score (nSPS) is 14.9. The summed E-state index contributed by atoms with van der Waals surface area (Å²) in [5.74, 6) is 0.367. The highest BCUT2D eigenvalue weighted by atomic mass is 32.2. The van der Waals surface area contributed by atoms with E-state index in [1.165, 1.54) is 11.1 Å². The maximum Gasteiger partial charge on any atom is 0.230 e. The van der Waals surface area contributed by atoms with Gasteiger partial charge in [0.05, 0.1) is 11.9 Å². The zero-order valence-corrected chi connectivity index (χ0v) is 12.6. The van der Waals surface area contributed by atoms with Crippen molar-refractivity contribution in [2.75, 3.05) is 11.0 Å². The van der Waals surface area contributed by atoms with Crippen molar-refractivity contribution >= 4 is 15.8 Å². The molecule has 0 aliphatic carbocycles. The Labute approximate surface area is 124 Å². The van der Waals surface area contributed by atoms with Crippen molar-refractivity contribution in [1.29, 1.82) is 0 Å². The molecule has 1 N–H and O–H groups in total. The van der Waals surface area contributed by atoms with Gasteiger partial charge in [-0.25, -0.2) is 13.4 Å². The predicted octanol–water partition coefficient (Wildman–Crippen LogP) is 1.97. The van der Waals surface area contributed by atoms with E-state index < -0.39 is 10.0 Å². The Morgan fingerprint density at radius 1 is 1.10 bits per heavy atom. The Balaban J connectivity index is 1.71. The minimum absolute atomic E-state index is 0.367. The van der Waals surface area contributed by atoms with E-state index in [1.807, 2.05) is 12.1 Å². The second-order valence-corrected chi connectivity index (χ2v) is 7.05. The molecule has 1 aliphatic rings. The van der Waals surface area contributed by atoms with Crippen LogP contribution in [0.3, 0.4) is 0 Å². The average Bonchev–Trinajstić information content (AvgIpc) is 2.79. The van der Waals surface area contributed by atoms with E-state index in [2.05, 4.69) is 38.9 Å². The van der Waals surface area contributed by atoms with Gasteiger partial charge < -0.3 is 0 Å². The monoisotopic (exact) mass is 303 g/mol. The number of fused-ring (bicyclic) bond motifs is 1. The lowest BCUT2D eigenvalue weighted by atomic mass is 10.1. The van der Waals surface area contributed by atoms with Gasteiger partial charge in [-0.05, 0) is 23.3 Å². The highest BCUT2D eigenvalue weighted by molar-refractivity contribution is 7.92. The van der Waals surface area contributed by atoms with Crippen LogP contribution in [0, 0.1) is 0 Å². The third kappa shape index (κ3) is 3.59. The quantitative estimate of drug-likeness (QED) is 0.938. The number of benzene rings is 1. The first kappa shape index (κ1) is 14.0. The molecule has 1 aromatic carbocycles. The van der Waals surface area contributed by atoms with Crippen molar-refractivity contribution in [3.8, 4) is 0 Å². The number of sulfonamides is 1. The predicted molar refractivity (Wildman–Crippen MR) is 82.1 cm³/mol. The van der Waals surface area contributed by atoms with Gasteiger partial charge in [-0.2, -0.15) is 0 Å². The molecule has 0 unspecified atom stereocenters. The fourth-order valence-electron chi connectivity index (χ4n) is 2.56. The molecule has 0 atom stereocenters. The summed E-state index contributed by atoms with van der Waals surface area (Å²) in [6.45, 7) is 2.51. The Hall–Kier alpha value is -1.92. The van der Waals surface area contributed by atoms with Gasteiger partial charge in [0.25, 0.3) is 0 Å². The maximum absolute atomic E-state index is 11.2. The highest BCUT2D eigenvalue weighted by Crippen LogP contribution is 2.23. The molecule has 21 heavy (non-hydrogen) atoms. The zero-order valence-electron chi connectivity index (χ0n) is 11.8. The summed E-state index contributed by atoms with van der Waals surface area (Å²) < 4.78 is 24.9. The summed E-state index contributed by atoms with van der Waals surface area (Å²) in [4.78, 5) is 6.64. The molecule has 0 spiro atoms. The molecule has 0 saturated heterocycles. The Kier molecular flexibility index (Phi) is 3.65. The van der Waals surface area contributed by atoms with E-state index in [0.29, 0.717) is 12.4 Å². The number of nitrogens with zero attached hydrogens (tertiary/aromatic N) is 2. The molecule has 0 radical (unpaired) electrons. The van der Waals surface area contributed by atoms with Crippen LogP contribution in [0.2, 0.25) is 0 Å². The molecule has 2 aromatic rings. The van der Waals surface area contributed by atoms with Gasteiger partial charge >= 0.3 is 0 Å². The van der Waals surface area contributed by atoms with Crippen LogP contribution in [0.4, 0.5) is 5.82 Å². The van der Waals surface area contributed by atoms with E-state index in [1.54, 1.807) is 6.07 Å². The van der Waals surface area contributed by atoms with E-state index in [9.17, 15) is 8.42 Å². The lowest BCUT2D eigenvalue weighted by Gasteiger charge is -2.14. The Bertz CT molecular complexity index is 734. The number of pyridine rings is 1. The van der Waals surface area contributed by atoms with Gasteiger partial charge in [0.15, 0.2) is 0 Å². The van der Waals surface area contributed by atoms with Crippen molar-refractivity contribution in [2.24, 2.45) is 0 Å². The Morgan fingerprint density at radius 2 is 1.76 bits per heavy atom. The van der Waals surface area contributed by atoms with E-state index in [4.69, 9.17) is 0 Å². The highest BCUT2D eigenvalue weighted by Gasteiger charge is 2.18. The first-order valence-corrected chi connectivity index (χ1v) is 8.62. The minimum Gasteiger partial charge on any atom is -0.289 e. The molecular weight excluding hydrogens is 286 g/mol. The second kappa shape index (κ2) is 5.46. The van der Waals surface area contributed by atoms with Crippen LogP contribution in [0.25, 0.3) is 0 Å². The zero-order chi connectivity index (χ0) is 14.9. The van der Waals surface area contributed by atoms with Crippen LogP contribution in [0.1, 0.15) is 16.8 Å². The maximum atomic E-state index is 11.2. The van der Waals surface area contributed by atoms with Crippen molar-refractivity contribution in [1.82, 2.24) is 9.88 Å². The van der Waals surface area contributed by atoms with E-state index >= 15 is 0 Å². The second-order valence-electron chi connectivity index (χ2n) is 5.30. The number of anilines is 1. The molecule has 1 aromatic heterocycles. The average molecular weight is 303 g/mol. The topological polar surface area (TPSA) is 62.3 Å². The summed E-state index contributed by atoms with van der Waals surface area (Å²) in [7, 11) is -3.29. The Morgan fingerprint density at radius 3 is 2.38 bits per heavy atom. The molecule has 3 rings (SSSR count). The minimum atomic E-state index is -3.29. The first-order chi connectivity index (χ1) is 9.99. The number of hydrogen-bond acceptors (Lipinski definition) is 4. The van der Waals surface area contributed by atoms with Crippen molar-refractivity contribution < 1.29 is 8.42 Å². The van der Waals surface area contributed by atoms with Crippen LogP contribution in [0.5, 0.6) is 0 Å². The summed E-state index contributed by atoms with van der Waals surface area (Å²) in [5, 5.41) is 0. The first-order valence-electron chi connectivity index (χ1n) is 6.72. The van der Waals surface area contributed by atoms with Crippen LogP contribution < -0.4 is 4.72 Å². The summed E-state index contributed by atoms with van der Waals surface area (Å²) in [6, 6.07) is 13.8. The molecule has 0 fully saturated rings. The van der Waals surface area contributed by atoms with Crippen molar-refractivity contribution in [3.63, 3.8) is 0 Å². The lowest BCUT2D eigenvalue weighted by molar-refractivity contribution is 0.272. The van der Waals surface area contributed by atoms with Gasteiger partial charge in [0.2, 0.25) is 10.0 Å². The molecule has 2 heterocycles. The summed E-state index contributed by atoms with van der Waals surface area (Å²) in [6.07, 6.45) is 1.12.